The topological polar surface area (TPSA) is 273 Å². The lowest BCUT2D eigenvalue weighted by molar-refractivity contribution is -0.162. The van der Waals surface area contributed by atoms with Gasteiger partial charge in [-0.05, 0) is 108 Å². The van der Waals surface area contributed by atoms with Gasteiger partial charge in [0.2, 0.25) is 17.7 Å². The summed E-state index contributed by atoms with van der Waals surface area (Å²) >= 11 is 0. The second kappa shape index (κ2) is 22.6. The number of anilines is 4. The first kappa shape index (κ1) is 51.9. The fraction of sp³-hybridized carbons (Fsp3) is 0.500. The third-order valence-corrected chi connectivity index (χ3v) is 14.1. The molecule has 4 atom stereocenters. The number of aliphatic carboxylic acids is 1. The monoisotopic (exact) mass is 1000 g/mol. The van der Waals surface area contributed by atoms with Crippen LogP contribution in [0.4, 0.5) is 32.5 Å². The van der Waals surface area contributed by atoms with Crippen LogP contribution >= 0.6 is 0 Å². The molecule has 5 heterocycles. The fourth-order valence-electron chi connectivity index (χ4n) is 10.1. The number of amides is 5. The van der Waals surface area contributed by atoms with E-state index in [9.17, 15) is 29.1 Å². The van der Waals surface area contributed by atoms with Gasteiger partial charge in [0.15, 0.2) is 5.82 Å². The number of carboxylic acid groups (broad SMARTS) is 1. The quantitative estimate of drug-likeness (QED) is 0.0533. The summed E-state index contributed by atoms with van der Waals surface area (Å²) < 4.78 is 18.2. The van der Waals surface area contributed by atoms with Crippen LogP contribution in [0.3, 0.4) is 0 Å². The summed E-state index contributed by atoms with van der Waals surface area (Å²) in [5.41, 5.74) is 14.2. The van der Waals surface area contributed by atoms with E-state index < -0.39 is 40.9 Å². The molecule has 0 radical (unpaired) electrons. The van der Waals surface area contributed by atoms with E-state index in [1.807, 2.05) is 75.4 Å². The van der Waals surface area contributed by atoms with E-state index in [0.717, 1.165) is 55.0 Å². The Morgan fingerprint density at radius 1 is 0.932 bits per heavy atom. The molecule has 390 valence electrons. The van der Waals surface area contributed by atoms with E-state index in [-0.39, 0.29) is 56.6 Å². The van der Waals surface area contributed by atoms with Crippen LogP contribution < -0.4 is 46.7 Å². The van der Waals surface area contributed by atoms with E-state index >= 15 is 0 Å². The molecule has 21 heteroatoms. The van der Waals surface area contributed by atoms with Crippen molar-refractivity contribution in [1.29, 1.82) is 0 Å². The molecule has 4 aliphatic rings. The number of rotatable bonds is 19. The number of carbonyl (C=O) groups excluding carboxylic acids is 4. The van der Waals surface area contributed by atoms with E-state index in [1.165, 1.54) is 0 Å². The third-order valence-electron chi connectivity index (χ3n) is 14.1. The van der Waals surface area contributed by atoms with Crippen molar-refractivity contribution in [2.45, 2.75) is 109 Å². The van der Waals surface area contributed by atoms with Crippen LogP contribution in [0.1, 0.15) is 78.2 Å². The number of fused-ring (bicyclic) bond motifs is 2. The molecule has 73 heavy (non-hydrogen) atoms. The number of hydrogen-bond donors (Lipinski definition) is 6. The van der Waals surface area contributed by atoms with Crippen molar-refractivity contribution < 1.29 is 43.3 Å². The Labute approximate surface area is 425 Å². The average Bonchev–Trinajstić information content (AvgIpc) is 3.60. The van der Waals surface area contributed by atoms with Crippen LogP contribution in [0.15, 0.2) is 72.9 Å². The Morgan fingerprint density at radius 3 is 2.34 bits per heavy atom. The molecule has 1 saturated carbocycles. The highest BCUT2D eigenvalue weighted by molar-refractivity contribution is 6.05. The predicted octanol–water partition coefficient (Wildman–Crippen LogP) is 5.00. The van der Waals surface area contributed by atoms with Gasteiger partial charge in [-0.1, -0.05) is 30.7 Å². The van der Waals surface area contributed by atoms with Gasteiger partial charge < -0.3 is 61.4 Å². The number of benzene rings is 2. The molecule has 4 fully saturated rings. The predicted molar refractivity (Wildman–Crippen MR) is 274 cm³/mol. The number of primary amides is 1. The van der Waals surface area contributed by atoms with E-state index in [2.05, 4.69) is 52.8 Å². The largest absolute Gasteiger partial charge is 0.488 e. The summed E-state index contributed by atoms with van der Waals surface area (Å²) in [5.74, 6) is -0.927. The Kier molecular flexibility index (Phi) is 16.0. The molecule has 21 nitrogen and oxygen atoms in total. The summed E-state index contributed by atoms with van der Waals surface area (Å²) in [6.07, 6.45) is 5.03. The van der Waals surface area contributed by atoms with E-state index in [0.29, 0.717) is 67.9 Å². The second-order valence-electron chi connectivity index (χ2n) is 20.4. The van der Waals surface area contributed by atoms with Gasteiger partial charge in [-0.2, -0.15) is 0 Å². The van der Waals surface area contributed by atoms with Crippen molar-refractivity contribution in [3.8, 4) is 22.9 Å². The lowest BCUT2D eigenvalue weighted by Gasteiger charge is -2.43. The van der Waals surface area contributed by atoms with E-state index in [1.54, 1.807) is 23.2 Å². The van der Waals surface area contributed by atoms with Crippen LogP contribution in [-0.4, -0.2) is 142 Å². The maximum atomic E-state index is 13.5. The van der Waals surface area contributed by atoms with Gasteiger partial charge in [0.25, 0.3) is 0 Å². The number of para-hydroxylation sites is 1. The molecule has 4 aromatic rings. The number of piperazine rings is 2. The molecule has 5 amide bonds. The highest BCUT2D eigenvalue weighted by atomic mass is 16.6. The van der Waals surface area contributed by atoms with Gasteiger partial charge in [0.05, 0.1) is 11.4 Å². The number of nitrogens with one attached hydrogen (secondary N) is 3. The zero-order valence-electron chi connectivity index (χ0n) is 42.0. The molecule has 1 aliphatic carbocycles. The molecule has 2 aromatic heterocycles. The first-order chi connectivity index (χ1) is 35.0. The summed E-state index contributed by atoms with van der Waals surface area (Å²) in [6.45, 7) is 12.7. The first-order valence-electron chi connectivity index (χ1n) is 25.1. The lowest BCUT2D eigenvalue weighted by Crippen LogP contribution is -2.55. The number of carbonyl (C=O) groups is 5. The maximum absolute atomic E-state index is 13.5. The van der Waals surface area contributed by atoms with Crippen LogP contribution in [0.5, 0.6) is 11.6 Å². The number of carboxylic acids is 1. The standard InChI is InChI=1S/C52H68N12O9/c1-33-29-62(50(70)73-51(2,3)4)24-23-61(33)25-26-71-44-27-36(18-22-55-44)64-37-16-17-38(64)31-63(30-37)42-28-41(59-60-45(42)53)39-9-5-6-11-43(39)72-32-34-12-14-35(15-13-34)57-46(65)40(10-7-21-56-49(54)69)58-47(66)52(48(67)68)19-8-20-52/h5-6,9,11-15,18,22,27-28,33,37-38,40H,7-8,10,16-17,19-21,23-26,29-32H2,1-4H3,(H2,53,60)(H,57,65)(H,58,66)(H,67,68)(H3,54,56,69)/t33?,37?,38?,40-/m0/s1. The minimum Gasteiger partial charge on any atom is -0.488 e. The molecule has 3 saturated heterocycles. The molecule has 3 aliphatic heterocycles. The first-order valence-corrected chi connectivity index (χ1v) is 25.1. The Balaban J connectivity index is 0.853. The molecular formula is C52H68N12O9. The molecular weight excluding hydrogens is 937 g/mol. The van der Waals surface area contributed by atoms with Crippen LogP contribution in [0.2, 0.25) is 0 Å². The lowest BCUT2D eigenvalue weighted by atomic mass is 9.68. The molecule has 3 unspecified atom stereocenters. The van der Waals surface area contributed by atoms with Crippen LogP contribution in [0, 0.1) is 5.41 Å². The van der Waals surface area contributed by atoms with Gasteiger partial charge in [-0.15, -0.1) is 10.2 Å². The zero-order chi connectivity index (χ0) is 51.9. The summed E-state index contributed by atoms with van der Waals surface area (Å²) in [4.78, 5) is 75.8. The van der Waals surface area contributed by atoms with E-state index in [4.69, 9.17) is 25.7 Å². The highest BCUT2D eigenvalue weighted by Gasteiger charge is 2.52. The van der Waals surface area contributed by atoms with Crippen molar-refractivity contribution in [3.63, 3.8) is 0 Å². The minimum atomic E-state index is -1.55. The van der Waals surface area contributed by atoms with Gasteiger partial charge in [-0.25, -0.2) is 14.6 Å². The average molecular weight is 1010 g/mol. The molecule has 8 N–H and O–H groups in total. The van der Waals surface area contributed by atoms with Gasteiger partial charge in [0.1, 0.15) is 36.0 Å². The fourth-order valence-corrected chi connectivity index (χ4v) is 10.1. The number of ether oxygens (including phenoxy) is 3. The minimum absolute atomic E-state index is 0.142. The molecule has 8 rings (SSSR count). The molecule has 0 spiro atoms. The Hall–Kier alpha value is -7.42. The maximum Gasteiger partial charge on any atom is 0.410 e. The van der Waals surface area contributed by atoms with Crippen molar-refractivity contribution in [2.75, 3.05) is 73.3 Å². The summed E-state index contributed by atoms with van der Waals surface area (Å²) in [5, 5.41) is 26.6. The number of pyridine rings is 1. The SMILES string of the molecule is CC1CN(C(=O)OC(C)(C)C)CCN1CCOc1cc(N2C3CCC2CN(c2cc(-c4ccccc4OCc4ccc(NC(=O)[C@H](CCCNC(N)=O)NC(=O)C5(C(=O)O)CCC5)cc4)nnc2N)C3)ccn1. The number of nitrogens with zero attached hydrogens (tertiary/aromatic N) is 7. The second-order valence-corrected chi connectivity index (χ2v) is 20.4. The van der Waals surface area contributed by atoms with Crippen LogP contribution in [-0.2, 0) is 25.7 Å². The normalized spacial score (nSPS) is 19.8. The molecule has 2 aromatic carbocycles. The number of urea groups is 1. The van der Waals surface area contributed by atoms with Crippen LogP contribution in [0.25, 0.3) is 11.3 Å². The number of nitrogens with two attached hydrogens (primary N) is 2. The zero-order valence-corrected chi connectivity index (χ0v) is 42.0. The number of nitrogen functional groups attached to an aromatic ring is 1. The molecule has 2 bridgehead atoms. The number of aromatic nitrogens is 3. The van der Waals surface area contributed by atoms with Gasteiger partial charge in [-0.3, -0.25) is 19.3 Å². The summed E-state index contributed by atoms with van der Waals surface area (Å²) in [6, 6.07) is 19.6. The smallest absolute Gasteiger partial charge is 0.410 e. The van der Waals surface area contributed by atoms with Crippen molar-refractivity contribution in [2.24, 2.45) is 11.1 Å². The summed E-state index contributed by atoms with van der Waals surface area (Å²) in [7, 11) is 0. The highest BCUT2D eigenvalue weighted by Crippen LogP contribution is 2.42. The number of hydrogen-bond acceptors (Lipinski definition) is 15. The van der Waals surface area contributed by atoms with Gasteiger partial charge >= 0.3 is 18.1 Å². The Bertz CT molecular complexity index is 2610. The van der Waals surface area contributed by atoms with Crippen molar-refractivity contribution >= 4 is 52.8 Å². The Morgan fingerprint density at radius 2 is 1.67 bits per heavy atom. The van der Waals surface area contributed by atoms with Gasteiger partial charge in [0, 0.05) is 93.1 Å². The van der Waals surface area contributed by atoms with Crippen molar-refractivity contribution in [3.05, 3.63) is 78.5 Å². The van der Waals surface area contributed by atoms with Crippen molar-refractivity contribution in [1.82, 2.24) is 35.6 Å². The third kappa shape index (κ3) is 12.6.